The third-order valence-electron chi connectivity index (χ3n) is 3.40. The minimum Gasteiger partial charge on any atom is -0.309 e. The molecule has 126 valence electrons. The Morgan fingerprint density at radius 3 is 2.60 bits per heavy atom. The fourth-order valence-corrected chi connectivity index (χ4v) is 2.15. The summed E-state index contributed by atoms with van der Waals surface area (Å²) in [6, 6.07) is 13.0. The molecule has 0 atom stereocenters. The van der Waals surface area contributed by atoms with Crippen LogP contribution in [0.2, 0.25) is 0 Å². The molecule has 0 bridgehead atoms. The standard InChI is InChI=1S/C16H14N6O3/c23-16(8-9-21-11-13(10-17-21)22(24)25)18-15-7-6-14(19-20-15)12-4-2-1-3-5-12/h1-7,10-11H,8-9H2,(H,18,20,23). The van der Waals surface area contributed by atoms with Gasteiger partial charge in [0.25, 0.3) is 0 Å². The van der Waals surface area contributed by atoms with E-state index in [4.69, 9.17) is 0 Å². The minimum atomic E-state index is -0.534. The van der Waals surface area contributed by atoms with Crippen LogP contribution in [0, 0.1) is 10.1 Å². The van der Waals surface area contributed by atoms with Gasteiger partial charge in [0.05, 0.1) is 10.6 Å². The first-order valence-corrected chi connectivity index (χ1v) is 7.47. The predicted octanol–water partition coefficient (Wildman–Crippen LogP) is 2.28. The van der Waals surface area contributed by atoms with Gasteiger partial charge in [-0.1, -0.05) is 30.3 Å². The Labute approximate surface area is 142 Å². The zero-order chi connectivity index (χ0) is 17.6. The lowest BCUT2D eigenvalue weighted by atomic mass is 10.1. The number of rotatable bonds is 6. The Bertz CT molecular complexity index is 876. The van der Waals surface area contributed by atoms with Crippen LogP contribution in [0.15, 0.2) is 54.9 Å². The van der Waals surface area contributed by atoms with Crippen LogP contribution in [0.5, 0.6) is 0 Å². The first-order valence-electron chi connectivity index (χ1n) is 7.47. The zero-order valence-corrected chi connectivity index (χ0v) is 13.1. The molecule has 0 unspecified atom stereocenters. The van der Waals surface area contributed by atoms with Gasteiger partial charge in [0.1, 0.15) is 12.4 Å². The van der Waals surface area contributed by atoms with E-state index in [1.807, 2.05) is 30.3 Å². The Morgan fingerprint density at radius 2 is 1.96 bits per heavy atom. The topological polar surface area (TPSA) is 116 Å². The molecule has 1 amide bonds. The Kier molecular flexibility index (Phi) is 4.74. The van der Waals surface area contributed by atoms with E-state index in [1.54, 1.807) is 12.1 Å². The summed E-state index contributed by atoms with van der Waals surface area (Å²) in [5, 5.41) is 25.1. The van der Waals surface area contributed by atoms with Gasteiger partial charge in [-0.25, -0.2) is 0 Å². The third kappa shape index (κ3) is 4.22. The van der Waals surface area contributed by atoms with Gasteiger partial charge >= 0.3 is 5.69 Å². The van der Waals surface area contributed by atoms with Crippen LogP contribution < -0.4 is 5.32 Å². The number of amides is 1. The molecule has 3 aromatic rings. The van der Waals surface area contributed by atoms with Gasteiger partial charge in [0.2, 0.25) is 5.91 Å². The highest BCUT2D eigenvalue weighted by atomic mass is 16.6. The van der Waals surface area contributed by atoms with E-state index in [-0.39, 0.29) is 24.6 Å². The SMILES string of the molecule is O=C(CCn1cc([N+](=O)[O-])cn1)Nc1ccc(-c2ccccc2)nn1. The Hall–Kier alpha value is -3.62. The number of hydrogen-bond acceptors (Lipinski definition) is 6. The van der Waals surface area contributed by atoms with E-state index in [0.717, 1.165) is 11.8 Å². The number of nitrogens with one attached hydrogen (secondary N) is 1. The van der Waals surface area contributed by atoms with Crippen LogP contribution in [-0.2, 0) is 11.3 Å². The summed E-state index contributed by atoms with van der Waals surface area (Å²) in [5.74, 6) is 0.0658. The van der Waals surface area contributed by atoms with Gasteiger partial charge in [-0.05, 0) is 12.1 Å². The second kappa shape index (κ2) is 7.30. The van der Waals surface area contributed by atoms with Crippen molar-refractivity contribution < 1.29 is 9.72 Å². The fourth-order valence-electron chi connectivity index (χ4n) is 2.15. The van der Waals surface area contributed by atoms with Crippen molar-refractivity contribution >= 4 is 17.4 Å². The second-order valence-electron chi connectivity index (χ2n) is 5.19. The molecule has 0 saturated carbocycles. The highest BCUT2D eigenvalue weighted by Gasteiger charge is 2.10. The second-order valence-corrected chi connectivity index (χ2v) is 5.19. The molecule has 25 heavy (non-hydrogen) atoms. The smallest absolute Gasteiger partial charge is 0.306 e. The fraction of sp³-hybridized carbons (Fsp3) is 0.125. The van der Waals surface area contributed by atoms with Gasteiger partial charge in [-0.15, -0.1) is 10.2 Å². The van der Waals surface area contributed by atoms with E-state index in [1.165, 1.54) is 10.9 Å². The molecule has 9 nitrogen and oxygen atoms in total. The summed E-state index contributed by atoms with van der Waals surface area (Å²) >= 11 is 0. The molecule has 2 heterocycles. The van der Waals surface area contributed by atoms with Crippen LogP contribution in [0.3, 0.4) is 0 Å². The third-order valence-corrected chi connectivity index (χ3v) is 3.40. The largest absolute Gasteiger partial charge is 0.309 e. The lowest BCUT2D eigenvalue weighted by Crippen LogP contribution is -2.15. The van der Waals surface area contributed by atoms with E-state index < -0.39 is 4.92 Å². The van der Waals surface area contributed by atoms with E-state index in [2.05, 4.69) is 20.6 Å². The van der Waals surface area contributed by atoms with Crippen LogP contribution >= 0.6 is 0 Å². The molecule has 3 rings (SSSR count). The lowest BCUT2D eigenvalue weighted by molar-refractivity contribution is -0.385. The number of carbonyl (C=O) groups excluding carboxylic acids is 1. The summed E-state index contributed by atoms with van der Waals surface area (Å²) in [5.41, 5.74) is 1.54. The molecular weight excluding hydrogens is 324 g/mol. The van der Waals surface area contributed by atoms with Crippen molar-refractivity contribution in [1.29, 1.82) is 0 Å². The summed E-state index contributed by atoms with van der Waals surface area (Å²) in [6.07, 6.45) is 2.54. The van der Waals surface area contributed by atoms with Crippen molar-refractivity contribution in [1.82, 2.24) is 20.0 Å². The number of nitro groups is 1. The normalized spacial score (nSPS) is 10.4. The molecule has 2 aromatic heterocycles. The average Bonchev–Trinajstić information content (AvgIpc) is 3.11. The summed E-state index contributed by atoms with van der Waals surface area (Å²) in [7, 11) is 0. The first kappa shape index (κ1) is 16.2. The molecular formula is C16H14N6O3. The Morgan fingerprint density at radius 1 is 1.16 bits per heavy atom. The summed E-state index contributed by atoms with van der Waals surface area (Å²) in [6.45, 7) is 0.231. The van der Waals surface area contributed by atoms with Crippen LogP contribution in [-0.4, -0.2) is 30.8 Å². The number of nitrogens with zero attached hydrogens (tertiary/aromatic N) is 5. The molecule has 1 aromatic carbocycles. The monoisotopic (exact) mass is 338 g/mol. The lowest BCUT2D eigenvalue weighted by Gasteiger charge is -2.05. The first-order chi connectivity index (χ1) is 12.1. The van der Waals surface area contributed by atoms with Gasteiger partial charge in [0, 0.05) is 18.5 Å². The highest BCUT2D eigenvalue weighted by Crippen LogP contribution is 2.16. The average molecular weight is 338 g/mol. The summed E-state index contributed by atoms with van der Waals surface area (Å²) in [4.78, 5) is 22.0. The number of hydrogen-bond donors (Lipinski definition) is 1. The molecule has 0 radical (unpaired) electrons. The molecule has 0 aliphatic heterocycles. The maximum absolute atomic E-state index is 11.9. The number of aromatic nitrogens is 4. The van der Waals surface area contributed by atoms with Crippen molar-refractivity contribution in [2.45, 2.75) is 13.0 Å². The van der Waals surface area contributed by atoms with E-state index in [9.17, 15) is 14.9 Å². The molecule has 0 spiro atoms. The van der Waals surface area contributed by atoms with Gasteiger partial charge < -0.3 is 5.32 Å². The van der Waals surface area contributed by atoms with Crippen molar-refractivity contribution in [2.75, 3.05) is 5.32 Å². The van der Waals surface area contributed by atoms with Gasteiger partial charge in [-0.3, -0.25) is 19.6 Å². The molecule has 0 saturated heterocycles. The van der Waals surface area contributed by atoms with Crippen molar-refractivity contribution in [2.24, 2.45) is 0 Å². The summed E-state index contributed by atoms with van der Waals surface area (Å²) < 4.78 is 1.35. The van der Waals surface area contributed by atoms with E-state index in [0.29, 0.717) is 11.5 Å². The molecule has 1 N–H and O–H groups in total. The van der Waals surface area contributed by atoms with Crippen LogP contribution in [0.1, 0.15) is 6.42 Å². The zero-order valence-electron chi connectivity index (χ0n) is 13.1. The van der Waals surface area contributed by atoms with Crippen molar-refractivity contribution in [3.05, 3.63) is 65.0 Å². The molecule has 9 heteroatoms. The maximum Gasteiger partial charge on any atom is 0.306 e. The minimum absolute atomic E-state index is 0.109. The van der Waals surface area contributed by atoms with Gasteiger partial charge in [0.15, 0.2) is 5.82 Å². The number of aryl methyl sites for hydroxylation is 1. The van der Waals surface area contributed by atoms with Crippen LogP contribution in [0.4, 0.5) is 11.5 Å². The predicted molar refractivity (Wildman–Crippen MR) is 89.6 cm³/mol. The van der Waals surface area contributed by atoms with Gasteiger partial charge in [-0.2, -0.15) is 5.10 Å². The highest BCUT2D eigenvalue weighted by molar-refractivity contribution is 5.89. The Balaban J connectivity index is 1.55. The number of anilines is 1. The van der Waals surface area contributed by atoms with Crippen molar-refractivity contribution in [3.63, 3.8) is 0 Å². The molecule has 0 fully saturated rings. The maximum atomic E-state index is 11.9. The number of carbonyl (C=O) groups is 1. The van der Waals surface area contributed by atoms with Crippen LogP contribution in [0.25, 0.3) is 11.3 Å². The molecule has 0 aliphatic rings. The quantitative estimate of drug-likeness (QED) is 0.544. The van der Waals surface area contributed by atoms with E-state index >= 15 is 0 Å². The van der Waals surface area contributed by atoms with Crippen molar-refractivity contribution in [3.8, 4) is 11.3 Å². The number of benzene rings is 1. The molecule has 0 aliphatic carbocycles.